The van der Waals surface area contributed by atoms with Crippen molar-refractivity contribution < 1.29 is 5.11 Å². The summed E-state index contributed by atoms with van der Waals surface area (Å²) in [5.74, 6) is 0.404. The molecular weight excluding hydrogens is 240 g/mol. The molecule has 0 radical (unpaired) electrons. The van der Waals surface area contributed by atoms with Gasteiger partial charge in [-0.15, -0.1) is 0 Å². The number of aromatic nitrogens is 3. The number of aryl methyl sites for hydroxylation is 2. The Morgan fingerprint density at radius 2 is 2.16 bits per heavy atom. The maximum atomic E-state index is 9.30. The summed E-state index contributed by atoms with van der Waals surface area (Å²) in [6, 6.07) is 2.23. The topological polar surface area (TPSA) is 63.0 Å². The monoisotopic (exact) mass is 262 g/mol. The van der Waals surface area contributed by atoms with Crippen molar-refractivity contribution in [1.29, 1.82) is 0 Å². The molecule has 2 aromatic rings. The van der Waals surface area contributed by atoms with E-state index in [1.54, 1.807) is 4.68 Å². The lowest BCUT2D eigenvalue weighted by molar-refractivity contribution is 0.210. The van der Waals surface area contributed by atoms with Gasteiger partial charge in [0.15, 0.2) is 5.65 Å². The van der Waals surface area contributed by atoms with Crippen LogP contribution in [0.4, 0.5) is 0 Å². The highest BCUT2D eigenvalue weighted by Crippen LogP contribution is 2.16. The quantitative estimate of drug-likeness (QED) is 0.854. The first-order valence-electron chi connectivity index (χ1n) is 6.65. The smallest absolute Gasteiger partial charge is 0.157 e. The number of rotatable bonds is 5. The Morgan fingerprint density at radius 3 is 2.79 bits per heavy atom. The molecule has 104 valence electrons. The van der Waals surface area contributed by atoms with E-state index in [1.165, 1.54) is 0 Å². The molecule has 0 bridgehead atoms. The number of hydrogen-bond acceptors (Lipinski definition) is 4. The number of nitrogens with zero attached hydrogens (tertiary/aromatic N) is 3. The fraction of sp³-hybridized carbons (Fsp3) is 0.571. The summed E-state index contributed by atoms with van der Waals surface area (Å²) in [6.07, 6.45) is 1.87. The Hall–Kier alpha value is -1.46. The van der Waals surface area contributed by atoms with Gasteiger partial charge in [0, 0.05) is 31.2 Å². The van der Waals surface area contributed by atoms with Crippen LogP contribution in [0.25, 0.3) is 11.0 Å². The second-order valence-corrected chi connectivity index (χ2v) is 5.34. The number of fused-ring (bicyclic) bond motifs is 1. The lowest BCUT2D eigenvalue weighted by atomic mass is 10.1. The van der Waals surface area contributed by atoms with Gasteiger partial charge in [0.05, 0.1) is 12.3 Å². The number of aliphatic hydroxyl groups excluding tert-OH is 1. The van der Waals surface area contributed by atoms with Crippen LogP contribution in [0.15, 0.2) is 12.3 Å². The highest BCUT2D eigenvalue weighted by molar-refractivity contribution is 5.78. The SMILES string of the molecule is Cc1nn(C)c2ncc(CN[C@H](CO)C(C)C)cc12. The Labute approximate surface area is 113 Å². The van der Waals surface area contributed by atoms with Crippen LogP contribution < -0.4 is 5.32 Å². The molecule has 0 fully saturated rings. The molecule has 0 aromatic carbocycles. The maximum absolute atomic E-state index is 9.30. The molecule has 0 saturated carbocycles. The molecule has 2 heterocycles. The average Bonchev–Trinajstić information content (AvgIpc) is 2.65. The summed E-state index contributed by atoms with van der Waals surface area (Å²) in [5.41, 5.74) is 3.01. The highest BCUT2D eigenvalue weighted by atomic mass is 16.3. The summed E-state index contributed by atoms with van der Waals surface area (Å²) in [4.78, 5) is 4.45. The Morgan fingerprint density at radius 1 is 1.42 bits per heavy atom. The van der Waals surface area contributed by atoms with Crippen molar-refractivity contribution in [2.75, 3.05) is 6.61 Å². The first kappa shape index (κ1) is 14.0. The normalized spacial score (nSPS) is 13.4. The second-order valence-electron chi connectivity index (χ2n) is 5.34. The van der Waals surface area contributed by atoms with Crippen LogP contribution in [0.2, 0.25) is 0 Å². The molecule has 2 rings (SSSR count). The first-order valence-corrected chi connectivity index (χ1v) is 6.65. The zero-order chi connectivity index (χ0) is 14.0. The summed E-state index contributed by atoms with van der Waals surface area (Å²) < 4.78 is 1.80. The lowest BCUT2D eigenvalue weighted by Crippen LogP contribution is -2.36. The molecule has 2 N–H and O–H groups in total. The standard InChI is InChI=1S/C14H22N4O/c1-9(2)13(8-19)15-6-11-5-12-10(3)17-18(4)14(12)16-7-11/h5,7,9,13,15,19H,6,8H2,1-4H3/t13-/m1/s1. The van der Waals surface area contributed by atoms with Gasteiger partial charge in [0.2, 0.25) is 0 Å². The lowest BCUT2D eigenvalue weighted by Gasteiger charge is -2.19. The van der Waals surface area contributed by atoms with Crippen molar-refractivity contribution in [3.05, 3.63) is 23.5 Å². The molecule has 2 aromatic heterocycles. The van der Waals surface area contributed by atoms with Crippen LogP contribution in [0.5, 0.6) is 0 Å². The molecule has 0 amide bonds. The molecular formula is C14H22N4O. The largest absolute Gasteiger partial charge is 0.395 e. The van der Waals surface area contributed by atoms with E-state index in [2.05, 4.69) is 35.3 Å². The van der Waals surface area contributed by atoms with E-state index in [1.807, 2.05) is 20.2 Å². The van der Waals surface area contributed by atoms with E-state index in [-0.39, 0.29) is 12.6 Å². The van der Waals surface area contributed by atoms with Gasteiger partial charge in [-0.05, 0) is 24.5 Å². The fourth-order valence-electron chi connectivity index (χ4n) is 2.21. The molecule has 0 saturated heterocycles. The van der Waals surface area contributed by atoms with Crippen molar-refractivity contribution in [3.63, 3.8) is 0 Å². The minimum Gasteiger partial charge on any atom is -0.395 e. The van der Waals surface area contributed by atoms with Gasteiger partial charge < -0.3 is 10.4 Å². The van der Waals surface area contributed by atoms with Crippen LogP contribution >= 0.6 is 0 Å². The summed E-state index contributed by atoms with van der Waals surface area (Å²) in [6.45, 7) is 7.05. The summed E-state index contributed by atoms with van der Waals surface area (Å²) in [7, 11) is 1.90. The molecule has 19 heavy (non-hydrogen) atoms. The summed E-state index contributed by atoms with van der Waals surface area (Å²) in [5, 5.41) is 18.1. The molecule has 0 aliphatic heterocycles. The molecule has 0 aliphatic rings. The third kappa shape index (κ3) is 2.93. The third-order valence-electron chi connectivity index (χ3n) is 3.49. The number of hydrogen-bond donors (Lipinski definition) is 2. The molecule has 1 atom stereocenters. The minimum atomic E-state index is 0.116. The predicted molar refractivity (Wildman–Crippen MR) is 75.8 cm³/mol. The van der Waals surface area contributed by atoms with Crippen molar-refractivity contribution in [2.45, 2.75) is 33.4 Å². The van der Waals surface area contributed by atoms with Crippen LogP contribution in [0.1, 0.15) is 25.1 Å². The average molecular weight is 262 g/mol. The van der Waals surface area contributed by atoms with Gasteiger partial charge in [-0.1, -0.05) is 13.8 Å². The van der Waals surface area contributed by atoms with Crippen LogP contribution in [0.3, 0.4) is 0 Å². The first-order chi connectivity index (χ1) is 9.02. The van der Waals surface area contributed by atoms with Gasteiger partial charge >= 0.3 is 0 Å². The highest BCUT2D eigenvalue weighted by Gasteiger charge is 2.12. The Balaban J connectivity index is 2.15. The summed E-state index contributed by atoms with van der Waals surface area (Å²) >= 11 is 0. The third-order valence-corrected chi connectivity index (χ3v) is 3.49. The zero-order valence-corrected chi connectivity index (χ0v) is 12.0. The van der Waals surface area contributed by atoms with E-state index < -0.39 is 0 Å². The van der Waals surface area contributed by atoms with E-state index >= 15 is 0 Å². The molecule has 0 aliphatic carbocycles. The van der Waals surface area contributed by atoms with Gasteiger partial charge in [-0.25, -0.2) is 4.98 Å². The zero-order valence-electron chi connectivity index (χ0n) is 12.0. The molecule has 5 nitrogen and oxygen atoms in total. The van der Waals surface area contributed by atoms with Crippen molar-refractivity contribution >= 4 is 11.0 Å². The maximum Gasteiger partial charge on any atom is 0.157 e. The number of aliphatic hydroxyl groups is 1. The number of pyridine rings is 1. The van der Waals surface area contributed by atoms with Gasteiger partial charge in [-0.2, -0.15) is 5.10 Å². The van der Waals surface area contributed by atoms with Gasteiger partial charge in [0.25, 0.3) is 0 Å². The van der Waals surface area contributed by atoms with Crippen molar-refractivity contribution in [1.82, 2.24) is 20.1 Å². The molecule has 0 unspecified atom stereocenters. The van der Waals surface area contributed by atoms with E-state index in [0.29, 0.717) is 12.5 Å². The van der Waals surface area contributed by atoms with Crippen LogP contribution in [-0.4, -0.2) is 32.5 Å². The Kier molecular flexibility index (Phi) is 4.17. The van der Waals surface area contributed by atoms with Crippen LogP contribution in [0, 0.1) is 12.8 Å². The van der Waals surface area contributed by atoms with E-state index in [0.717, 1.165) is 22.3 Å². The minimum absolute atomic E-state index is 0.116. The van der Waals surface area contributed by atoms with Gasteiger partial charge in [-0.3, -0.25) is 4.68 Å². The molecule has 5 heteroatoms. The predicted octanol–water partition coefficient (Wildman–Crippen LogP) is 1.38. The van der Waals surface area contributed by atoms with Crippen molar-refractivity contribution in [3.8, 4) is 0 Å². The van der Waals surface area contributed by atoms with Crippen molar-refractivity contribution in [2.24, 2.45) is 13.0 Å². The Bertz CT molecular complexity index is 562. The number of nitrogens with one attached hydrogen (secondary N) is 1. The fourth-order valence-corrected chi connectivity index (χ4v) is 2.21. The second kappa shape index (κ2) is 5.67. The molecule has 0 spiro atoms. The van der Waals surface area contributed by atoms with E-state index in [9.17, 15) is 5.11 Å². The van der Waals surface area contributed by atoms with Crippen LogP contribution in [-0.2, 0) is 13.6 Å². The van der Waals surface area contributed by atoms with E-state index in [4.69, 9.17) is 0 Å². The van der Waals surface area contributed by atoms with Gasteiger partial charge in [0.1, 0.15) is 0 Å².